The highest BCUT2D eigenvalue weighted by Gasteiger charge is 2.32. The largest absolute Gasteiger partial charge is 0.380 e. The maximum Gasteiger partial charge on any atom is 0.0531 e. The molecule has 20 heavy (non-hydrogen) atoms. The predicted molar refractivity (Wildman–Crippen MR) is 94.6 cm³/mol. The number of ether oxygens (including phenoxy) is 2. The molecule has 0 N–H and O–H groups in total. The fourth-order valence-electron chi connectivity index (χ4n) is 3.18. The van der Waals surface area contributed by atoms with E-state index in [9.17, 15) is 0 Å². The Kier molecular flexibility index (Phi) is 10.3. The zero-order chi connectivity index (χ0) is 13.1. The Morgan fingerprint density at radius 2 is 0.900 bits per heavy atom. The van der Waals surface area contributed by atoms with Crippen LogP contribution in [0.5, 0.6) is 0 Å². The third kappa shape index (κ3) is 5.27. The molecule has 2 fully saturated rings. The lowest BCUT2D eigenvalue weighted by molar-refractivity contribution is 0.128. The van der Waals surface area contributed by atoms with Gasteiger partial charge in [0.25, 0.3) is 0 Å². The van der Waals surface area contributed by atoms with E-state index in [1.165, 1.54) is 12.3 Å². The molecule has 6 heteroatoms. The molecule has 0 unspecified atom stereocenters. The second-order valence-corrected chi connectivity index (χ2v) is 12.4. The molecule has 2 nitrogen and oxygen atoms in total. The summed E-state index contributed by atoms with van der Waals surface area (Å²) in [4.78, 5) is 0. The third-order valence-corrected chi connectivity index (χ3v) is 11.3. The topological polar surface area (TPSA) is 18.5 Å². The Labute approximate surface area is 131 Å². The van der Waals surface area contributed by atoms with Gasteiger partial charge in [-0.2, -0.15) is 0 Å². The Morgan fingerprint density at radius 1 is 0.650 bits per heavy atom. The van der Waals surface area contributed by atoms with Crippen LogP contribution >= 0.6 is 15.8 Å². The minimum atomic E-state index is 0. The summed E-state index contributed by atoms with van der Waals surface area (Å²) in [6.45, 7) is 13.6. The van der Waals surface area contributed by atoms with Crippen LogP contribution in [-0.4, -0.2) is 78.2 Å². The predicted octanol–water partition coefficient (Wildman–Crippen LogP) is 2.80. The SMILES string of the molecule is C[C@@H]1COC[C@@H](C)P1CCP1[C@H](C)COC[C@H]1C.[B].[B]. The molecule has 0 amide bonds. The summed E-state index contributed by atoms with van der Waals surface area (Å²) in [5.41, 5.74) is 3.24. The van der Waals surface area contributed by atoms with Gasteiger partial charge in [0.1, 0.15) is 0 Å². The molecule has 0 saturated carbocycles. The maximum atomic E-state index is 5.66. The summed E-state index contributed by atoms with van der Waals surface area (Å²) in [7, 11) is 0.387. The molecule has 0 spiro atoms. The van der Waals surface area contributed by atoms with Crippen molar-refractivity contribution in [3.8, 4) is 0 Å². The smallest absolute Gasteiger partial charge is 0.0531 e. The van der Waals surface area contributed by atoms with Gasteiger partial charge in [0.2, 0.25) is 0 Å². The van der Waals surface area contributed by atoms with E-state index in [1.54, 1.807) is 0 Å². The van der Waals surface area contributed by atoms with Crippen LogP contribution in [0.4, 0.5) is 0 Å². The highest BCUT2D eigenvalue weighted by Crippen LogP contribution is 2.55. The molecule has 0 aromatic rings. The lowest BCUT2D eigenvalue weighted by Gasteiger charge is -2.39. The van der Waals surface area contributed by atoms with Crippen LogP contribution in [-0.2, 0) is 9.47 Å². The first kappa shape index (κ1) is 20.9. The summed E-state index contributed by atoms with van der Waals surface area (Å²) in [5, 5.41) is 0. The molecule has 0 aromatic heterocycles. The third-order valence-electron chi connectivity index (χ3n) is 4.32. The van der Waals surface area contributed by atoms with E-state index in [4.69, 9.17) is 9.47 Å². The Balaban J connectivity index is 0.00000180. The normalized spacial score (nSPS) is 36.0. The quantitative estimate of drug-likeness (QED) is 0.589. The molecule has 0 bridgehead atoms. The monoisotopic (exact) mass is 312 g/mol. The van der Waals surface area contributed by atoms with Crippen molar-refractivity contribution in [2.24, 2.45) is 0 Å². The average Bonchev–Trinajstić information content (AvgIpc) is 2.31. The van der Waals surface area contributed by atoms with Gasteiger partial charge in [0.15, 0.2) is 0 Å². The van der Waals surface area contributed by atoms with Crippen molar-refractivity contribution >= 4 is 32.7 Å². The van der Waals surface area contributed by atoms with E-state index in [0.29, 0.717) is 0 Å². The van der Waals surface area contributed by atoms with Gasteiger partial charge < -0.3 is 9.47 Å². The van der Waals surface area contributed by atoms with Gasteiger partial charge in [0.05, 0.1) is 26.4 Å². The van der Waals surface area contributed by atoms with Crippen LogP contribution in [0.25, 0.3) is 0 Å². The molecule has 2 aliphatic rings. The Morgan fingerprint density at radius 3 is 1.15 bits per heavy atom. The standard InChI is InChI=1S/C14H28O2P2.2B/c1-11-7-15-8-12(2)17(11)5-6-18-13(3)9-16-10-14(18)4;;/h11-14H,5-10H2,1-4H3;;/t11-,12-,13-,14-;;/m1../s1. The van der Waals surface area contributed by atoms with Crippen molar-refractivity contribution in [3.05, 3.63) is 0 Å². The second kappa shape index (κ2) is 9.83. The number of rotatable bonds is 3. The fourth-order valence-corrected chi connectivity index (χ4v) is 9.72. The van der Waals surface area contributed by atoms with E-state index in [1.807, 2.05) is 0 Å². The van der Waals surface area contributed by atoms with Crippen LogP contribution in [0.1, 0.15) is 27.7 Å². The first-order valence-electron chi connectivity index (χ1n) is 7.26. The first-order valence-corrected chi connectivity index (χ1v) is 10.6. The van der Waals surface area contributed by atoms with Gasteiger partial charge in [-0.1, -0.05) is 43.5 Å². The number of hydrogen-bond donors (Lipinski definition) is 0. The average molecular weight is 312 g/mol. The van der Waals surface area contributed by atoms with E-state index in [-0.39, 0.29) is 32.7 Å². The van der Waals surface area contributed by atoms with Gasteiger partial charge in [-0.3, -0.25) is 0 Å². The van der Waals surface area contributed by atoms with Crippen LogP contribution in [0.2, 0.25) is 0 Å². The Bertz CT molecular complexity index is 226. The zero-order valence-electron chi connectivity index (χ0n) is 13.4. The minimum absolute atomic E-state index is 0. The van der Waals surface area contributed by atoms with Crippen LogP contribution in [0, 0.1) is 0 Å². The molecule has 0 aliphatic carbocycles. The van der Waals surface area contributed by atoms with Crippen LogP contribution < -0.4 is 0 Å². The lowest BCUT2D eigenvalue weighted by Crippen LogP contribution is -2.31. The van der Waals surface area contributed by atoms with Crippen molar-refractivity contribution < 1.29 is 9.47 Å². The summed E-state index contributed by atoms with van der Waals surface area (Å²) in [6.07, 6.45) is 2.95. The van der Waals surface area contributed by atoms with Crippen molar-refractivity contribution in [1.29, 1.82) is 0 Å². The highest BCUT2D eigenvalue weighted by molar-refractivity contribution is 7.63. The molecular weight excluding hydrogens is 284 g/mol. The zero-order valence-corrected chi connectivity index (χ0v) is 15.2. The van der Waals surface area contributed by atoms with Gasteiger partial charge in [-0.05, 0) is 12.3 Å². The molecule has 2 rings (SSSR count). The second-order valence-electron chi connectivity index (χ2n) is 5.95. The number of hydrogen-bond acceptors (Lipinski definition) is 2. The van der Waals surface area contributed by atoms with Crippen molar-refractivity contribution in [1.82, 2.24) is 0 Å². The highest BCUT2D eigenvalue weighted by atomic mass is 31.1. The first-order chi connectivity index (χ1) is 8.59. The molecule has 6 radical (unpaired) electrons. The summed E-state index contributed by atoms with van der Waals surface area (Å²) in [6, 6.07) is 0. The summed E-state index contributed by atoms with van der Waals surface area (Å²) in [5.74, 6) is 0. The Hall–Kier alpha value is 0.910. The van der Waals surface area contributed by atoms with Gasteiger partial charge in [-0.25, -0.2) is 0 Å². The van der Waals surface area contributed by atoms with E-state index in [2.05, 4.69) is 27.7 Å². The maximum absolute atomic E-state index is 5.66. The van der Waals surface area contributed by atoms with Crippen molar-refractivity contribution in [2.75, 3.05) is 38.8 Å². The van der Waals surface area contributed by atoms with Gasteiger partial charge in [0, 0.05) is 39.5 Å². The van der Waals surface area contributed by atoms with E-state index >= 15 is 0 Å². The molecule has 2 saturated heterocycles. The van der Waals surface area contributed by atoms with Gasteiger partial charge in [-0.15, -0.1) is 0 Å². The van der Waals surface area contributed by atoms with E-state index in [0.717, 1.165) is 49.1 Å². The van der Waals surface area contributed by atoms with Crippen molar-refractivity contribution in [3.63, 3.8) is 0 Å². The van der Waals surface area contributed by atoms with E-state index < -0.39 is 0 Å². The lowest BCUT2D eigenvalue weighted by atomic mass is 10.4. The molecule has 0 aromatic carbocycles. The summed E-state index contributed by atoms with van der Waals surface area (Å²) < 4.78 is 11.3. The molecule has 2 aliphatic heterocycles. The molecular formula is C14H28B2O2P2. The van der Waals surface area contributed by atoms with Gasteiger partial charge >= 0.3 is 0 Å². The minimum Gasteiger partial charge on any atom is -0.380 e. The fraction of sp³-hybridized carbons (Fsp3) is 1.00. The molecule has 2 heterocycles. The molecule has 4 atom stereocenters. The van der Waals surface area contributed by atoms with Crippen molar-refractivity contribution in [2.45, 2.75) is 50.3 Å². The molecule has 112 valence electrons. The summed E-state index contributed by atoms with van der Waals surface area (Å²) >= 11 is 0. The van der Waals surface area contributed by atoms with Crippen LogP contribution in [0.3, 0.4) is 0 Å². The van der Waals surface area contributed by atoms with Crippen LogP contribution in [0.15, 0.2) is 0 Å².